The molecular weight excluding hydrogens is 509 g/mol. The summed E-state index contributed by atoms with van der Waals surface area (Å²) in [6.45, 7) is 2.18. The molecule has 0 atom stereocenters. The summed E-state index contributed by atoms with van der Waals surface area (Å²) in [6.07, 6.45) is 4.60. The number of fused-ring (bicyclic) bond motifs is 1. The Morgan fingerprint density at radius 2 is 1.90 bits per heavy atom. The Hall–Kier alpha value is -2.95. The summed E-state index contributed by atoms with van der Waals surface area (Å²) in [4.78, 5) is 4.25. The van der Waals surface area contributed by atoms with Crippen LogP contribution in [-0.4, -0.2) is 49.3 Å². The quantitative estimate of drug-likeness (QED) is 0.200. The van der Waals surface area contributed by atoms with Gasteiger partial charge in [-0.15, -0.1) is 24.0 Å². The number of nitrogens with zero attached hydrogens (tertiary/aromatic N) is 3. The van der Waals surface area contributed by atoms with Gasteiger partial charge in [0.1, 0.15) is 12.4 Å². The summed E-state index contributed by atoms with van der Waals surface area (Å²) in [5.74, 6) is 2.97. The van der Waals surface area contributed by atoms with Crippen molar-refractivity contribution in [1.82, 2.24) is 20.4 Å². The van der Waals surface area contributed by atoms with Crippen LogP contribution in [-0.2, 0) is 6.42 Å². The van der Waals surface area contributed by atoms with E-state index >= 15 is 0 Å². The first-order valence-corrected chi connectivity index (χ1v) is 9.88. The zero-order chi connectivity index (χ0) is 20.6. The lowest BCUT2D eigenvalue weighted by molar-refractivity contribution is 0.173. The van der Waals surface area contributed by atoms with E-state index in [0.717, 1.165) is 41.9 Å². The second-order valence-corrected chi connectivity index (χ2v) is 6.66. The molecule has 4 rings (SSSR count). The second-order valence-electron chi connectivity index (χ2n) is 6.66. The molecule has 3 aromatic rings. The largest absolute Gasteiger partial charge is 0.492 e. The lowest BCUT2D eigenvalue weighted by Gasteiger charge is -2.13. The van der Waals surface area contributed by atoms with Gasteiger partial charge in [0.05, 0.1) is 12.2 Å². The number of nitrogens with one attached hydrogen (secondary N) is 2. The van der Waals surface area contributed by atoms with Crippen LogP contribution in [0.4, 0.5) is 0 Å². The smallest absolute Gasteiger partial charge is 0.231 e. The molecule has 2 N–H and O–H groups in total. The highest BCUT2D eigenvalue weighted by molar-refractivity contribution is 14.0. The van der Waals surface area contributed by atoms with Crippen LogP contribution >= 0.6 is 24.0 Å². The molecule has 0 fully saturated rings. The van der Waals surface area contributed by atoms with Gasteiger partial charge in [0.2, 0.25) is 6.79 Å². The number of hydrogen-bond donors (Lipinski definition) is 2. The van der Waals surface area contributed by atoms with Gasteiger partial charge in [0.25, 0.3) is 0 Å². The van der Waals surface area contributed by atoms with Gasteiger partial charge in [0, 0.05) is 32.1 Å². The van der Waals surface area contributed by atoms with E-state index in [0.29, 0.717) is 13.2 Å². The third-order valence-corrected chi connectivity index (χ3v) is 4.64. The van der Waals surface area contributed by atoms with Gasteiger partial charge in [-0.3, -0.25) is 4.99 Å². The molecule has 0 spiro atoms. The molecule has 0 saturated heterocycles. The first kappa shape index (κ1) is 22.7. The fraction of sp³-hybridized carbons (Fsp3) is 0.273. The predicted octanol–water partition coefficient (Wildman–Crippen LogP) is 3.01. The molecule has 2 aromatic carbocycles. The Kier molecular flexibility index (Phi) is 8.39. The Bertz CT molecular complexity index is 977. The van der Waals surface area contributed by atoms with E-state index in [1.165, 1.54) is 5.56 Å². The van der Waals surface area contributed by atoms with Crippen LogP contribution in [0.25, 0.3) is 5.69 Å². The van der Waals surface area contributed by atoms with Crippen LogP contribution in [0.15, 0.2) is 65.9 Å². The summed E-state index contributed by atoms with van der Waals surface area (Å²) in [6, 6.07) is 15.9. The third-order valence-electron chi connectivity index (χ3n) is 4.64. The van der Waals surface area contributed by atoms with E-state index in [4.69, 9.17) is 14.2 Å². The highest BCUT2D eigenvalue weighted by Crippen LogP contribution is 2.34. The number of hydrogen-bond acceptors (Lipinski definition) is 5. The Morgan fingerprint density at radius 3 is 2.68 bits per heavy atom. The van der Waals surface area contributed by atoms with Crippen LogP contribution in [0.3, 0.4) is 0 Å². The molecule has 1 aromatic heterocycles. The molecule has 1 aliphatic heterocycles. The zero-order valence-electron chi connectivity index (χ0n) is 17.3. The maximum atomic E-state index is 5.75. The first-order valence-electron chi connectivity index (χ1n) is 9.88. The van der Waals surface area contributed by atoms with Gasteiger partial charge in [0.15, 0.2) is 17.5 Å². The Labute approximate surface area is 198 Å². The van der Waals surface area contributed by atoms with E-state index in [1.807, 2.05) is 35.1 Å². The third kappa shape index (κ3) is 6.27. The number of benzene rings is 2. The molecule has 164 valence electrons. The summed E-state index contributed by atoms with van der Waals surface area (Å²) < 4.78 is 18.3. The standard InChI is InChI=1S/C22H25N5O3.HI/c1-23-22(25-12-14-28-19-7-8-20-21(15-19)30-16-29-20)24-11-9-17-3-5-18(6-4-17)27-13-2-10-26-27;/h2-8,10,13,15H,9,11-12,14,16H2,1H3,(H2,23,24,25);1H. The van der Waals surface area contributed by atoms with Crippen molar-refractivity contribution in [2.75, 3.05) is 33.5 Å². The SMILES string of the molecule is CN=C(NCCOc1ccc2c(c1)OCO2)NCCc1ccc(-n2cccn2)cc1.I. The minimum atomic E-state index is 0. The Balaban J connectivity index is 0.00000272. The van der Waals surface area contributed by atoms with Crippen LogP contribution < -0.4 is 24.8 Å². The molecule has 31 heavy (non-hydrogen) atoms. The average molecular weight is 535 g/mol. The minimum Gasteiger partial charge on any atom is -0.492 e. The van der Waals surface area contributed by atoms with Crippen molar-refractivity contribution in [2.24, 2.45) is 4.99 Å². The van der Waals surface area contributed by atoms with Gasteiger partial charge in [-0.1, -0.05) is 12.1 Å². The minimum absolute atomic E-state index is 0. The van der Waals surface area contributed by atoms with E-state index < -0.39 is 0 Å². The van der Waals surface area contributed by atoms with Gasteiger partial charge >= 0.3 is 0 Å². The topological polar surface area (TPSA) is 81.9 Å². The molecule has 1 aliphatic rings. The maximum Gasteiger partial charge on any atom is 0.231 e. The number of aliphatic imine (C=N–C) groups is 1. The molecule has 2 heterocycles. The molecule has 9 heteroatoms. The monoisotopic (exact) mass is 535 g/mol. The van der Waals surface area contributed by atoms with Crippen LogP contribution in [0.1, 0.15) is 5.56 Å². The van der Waals surface area contributed by atoms with E-state index in [-0.39, 0.29) is 30.8 Å². The molecular formula is C22H26IN5O3. The van der Waals surface area contributed by atoms with Gasteiger partial charge in [-0.2, -0.15) is 5.10 Å². The van der Waals surface area contributed by atoms with E-state index in [9.17, 15) is 0 Å². The van der Waals surface area contributed by atoms with E-state index in [1.54, 1.807) is 13.2 Å². The predicted molar refractivity (Wildman–Crippen MR) is 130 cm³/mol. The highest BCUT2D eigenvalue weighted by atomic mass is 127. The number of guanidine groups is 1. The van der Waals surface area contributed by atoms with Crippen LogP contribution in [0, 0.1) is 0 Å². The molecule has 0 unspecified atom stereocenters. The average Bonchev–Trinajstić information content (AvgIpc) is 3.47. The number of halogens is 1. The normalized spacial score (nSPS) is 12.2. The number of ether oxygens (including phenoxy) is 3. The molecule has 0 bridgehead atoms. The van der Waals surface area contributed by atoms with Crippen molar-refractivity contribution in [1.29, 1.82) is 0 Å². The fourth-order valence-corrected chi connectivity index (χ4v) is 3.09. The maximum absolute atomic E-state index is 5.75. The first-order chi connectivity index (χ1) is 14.8. The van der Waals surface area contributed by atoms with Crippen LogP contribution in [0.5, 0.6) is 17.2 Å². The van der Waals surface area contributed by atoms with E-state index in [2.05, 4.69) is 45.0 Å². The number of aromatic nitrogens is 2. The lowest BCUT2D eigenvalue weighted by Crippen LogP contribution is -2.40. The molecule has 0 aliphatic carbocycles. The van der Waals surface area contributed by atoms with Crippen molar-refractivity contribution >= 4 is 29.9 Å². The fourth-order valence-electron chi connectivity index (χ4n) is 3.09. The molecule has 0 radical (unpaired) electrons. The zero-order valence-corrected chi connectivity index (χ0v) is 19.6. The van der Waals surface area contributed by atoms with Crippen molar-refractivity contribution in [3.8, 4) is 22.9 Å². The summed E-state index contributed by atoms with van der Waals surface area (Å²) in [5, 5.41) is 10.8. The van der Waals surface area contributed by atoms with Crippen molar-refractivity contribution in [3.05, 3.63) is 66.5 Å². The van der Waals surface area contributed by atoms with Crippen LogP contribution in [0.2, 0.25) is 0 Å². The van der Waals surface area contributed by atoms with Gasteiger partial charge < -0.3 is 24.8 Å². The highest BCUT2D eigenvalue weighted by Gasteiger charge is 2.13. The van der Waals surface area contributed by atoms with Crippen molar-refractivity contribution in [3.63, 3.8) is 0 Å². The second kappa shape index (κ2) is 11.4. The molecule has 0 saturated carbocycles. The summed E-state index contributed by atoms with van der Waals surface area (Å²) in [7, 11) is 1.76. The lowest BCUT2D eigenvalue weighted by atomic mass is 10.1. The molecule has 8 nitrogen and oxygen atoms in total. The van der Waals surface area contributed by atoms with Crippen molar-refractivity contribution in [2.45, 2.75) is 6.42 Å². The summed E-state index contributed by atoms with van der Waals surface area (Å²) >= 11 is 0. The van der Waals surface area contributed by atoms with Crippen molar-refractivity contribution < 1.29 is 14.2 Å². The van der Waals surface area contributed by atoms with Gasteiger partial charge in [-0.05, 0) is 42.3 Å². The Morgan fingerprint density at radius 1 is 1.10 bits per heavy atom. The van der Waals surface area contributed by atoms with Gasteiger partial charge in [-0.25, -0.2) is 4.68 Å². The molecule has 0 amide bonds. The summed E-state index contributed by atoms with van der Waals surface area (Å²) in [5.41, 5.74) is 2.30. The number of rotatable bonds is 8.